The molecule has 9 heteroatoms. The number of ether oxygens (including phenoxy) is 3. The van der Waals surface area contributed by atoms with E-state index in [9.17, 15) is 24.6 Å². The largest absolute Gasteiger partial charge is 0.481 e. The van der Waals surface area contributed by atoms with Crippen LogP contribution < -0.4 is 0 Å². The predicted molar refractivity (Wildman–Crippen MR) is 202 cm³/mol. The Kier molecular flexibility index (Phi) is 11.7. The van der Waals surface area contributed by atoms with Gasteiger partial charge in [-0.05, 0) is 111 Å². The molecule has 296 valence electrons. The summed E-state index contributed by atoms with van der Waals surface area (Å²) in [5, 5.41) is 22.0. The van der Waals surface area contributed by atoms with Crippen molar-refractivity contribution in [3.8, 4) is 0 Å². The normalized spacial score (nSPS) is 37.7. The number of fused-ring (bicyclic) bond motifs is 7. The highest BCUT2D eigenvalue weighted by Crippen LogP contribution is 2.77. The third kappa shape index (κ3) is 6.63. The molecule has 0 radical (unpaired) electrons. The van der Waals surface area contributed by atoms with Crippen molar-refractivity contribution in [1.82, 2.24) is 4.90 Å². The van der Waals surface area contributed by atoms with Gasteiger partial charge in [0.1, 0.15) is 6.10 Å². The van der Waals surface area contributed by atoms with Crippen LogP contribution in [-0.2, 0) is 28.6 Å². The Morgan fingerprint density at radius 1 is 0.885 bits per heavy atom. The number of Topliss-reactive ketones (excluding diaryl/α,β-unsaturated/α-hetero) is 1. The number of hydrogen-bond donors (Lipinski definition) is 2. The van der Waals surface area contributed by atoms with Crippen LogP contribution in [0.4, 0.5) is 0 Å². The molecule has 0 spiro atoms. The topological polar surface area (TPSA) is 123 Å². The minimum Gasteiger partial charge on any atom is -0.481 e. The number of allylic oxidation sites excluding steroid dienone is 1. The molecule has 5 aliphatic carbocycles. The lowest BCUT2D eigenvalue weighted by atomic mass is 9.33. The van der Waals surface area contributed by atoms with Crippen molar-refractivity contribution in [3.05, 3.63) is 11.1 Å². The second kappa shape index (κ2) is 14.7. The maximum atomic E-state index is 14.1. The smallest absolute Gasteiger partial charge is 0.309 e. The number of methoxy groups -OCH3 is 2. The van der Waals surface area contributed by atoms with Crippen molar-refractivity contribution in [1.29, 1.82) is 0 Å². The minimum atomic E-state index is -1.17. The van der Waals surface area contributed by atoms with Crippen LogP contribution in [0.25, 0.3) is 0 Å². The first kappa shape index (κ1) is 41.4. The number of nitrogens with zero attached hydrogens (tertiary/aromatic N) is 1. The van der Waals surface area contributed by atoms with Gasteiger partial charge in [0.15, 0.2) is 5.78 Å². The van der Waals surface area contributed by atoms with Crippen LogP contribution in [0.5, 0.6) is 0 Å². The van der Waals surface area contributed by atoms with Crippen LogP contribution >= 0.6 is 0 Å². The minimum absolute atomic E-state index is 0.0190. The molecule has 0 aliphatic heterocycles. The van der Waals surface area contributed by atoms with Gasteiger partial charge in [0, 0.05) is 51.1 Å². The van der Waals surface area contributed by atoms with E-state index in [0.717, 1.165) is 56.9 Å². The van der Waals surface area contributed by atoms with Gasteiger partial charge in [-0.25, -0.2) is 0 Å². The van der Waals surface area contributed by atoms with Crippen molar-refractivity contribution in [2.24, 2.45) is 56.2 Å². The summed E-state index contributed by atoms with van der Waals surface area (Å²) in [7, 11) is 3.41. The van der Waals surface area contributed by atoms with Gasteiger partial charge >= 0.3 is 11.9 Å². The average Bonchev–Trinajstić information content (AvgIpc) is 3.37. The highest BCUT2D eigenvalue weighted by Gasteiger charge is 2.70. The molecule has 52 heavy (non-hydrogen) atoms. The molecule has 0 saturated heterocycles. The van der Waals surface area contributed by atoms with E-state index in [0.29, 0.717) is 51.1 Å². The summed E-state index contributed by atoms with van der Waals surface area (Å²) < 4.78 is 17.0. The third-order valence-corrected chi connectivity index (χ3v) is 16.2. The Morgan fingerprint density at radius 2 is 1.52 bits per heavy atom. The van der Waals surface area contributed by atoms with Crippen LogP contribution in [0.1, 0.15) is 127 Å². The number of aliphatic hydroxyl groups excluding tert-OH is 1. The highest BCUT2D eigenvalue weighted by atomic mass is 16.5. The number of esters is 1. The number of aliphatic carboxylic acids is 1. The zero-order chi connectivity index (χ0) is 38.7. The number of carboxylic acids is 1. The summed E-state index contributed by atoms with van der Waals surface area (Å²) in [5.41, 5.74) is 0.423. The molecule has 0 bridgehead atoms. The van der Waals surface area contributed by atoms with Crippen LogP contribution in [0, 0.1) is 56.2 Å². The summed E-state index contributed by atoms with van der Waals surface area (Å²) in [6, 6.07) is 0. The highest BCUT2D eigenvalue weighted by molar-refractivity contribution is 6.00. The number of hydrogen-bond acceptors (Lipinski definition) is 8. The van der Waals surface area contributed by atoms with Crippen molar-refractivity contribution in [2.75, 3.05) is 47.1 Å². The van der Waals surface area contributed by atoms with E-state index in [1.165, 1.54) is 5.57 Å². The standard InChI is InChI=1S/C43H71NO8/c1-27(2)35-29(45)24-43(32(46)26-44(20-22-50-10)21-23-51-11)19-18-41(8)28(36(35)43)12-13-31-40(7)16-15-33(52-34(47)25-38(3,4)37(48)49)39(5,6)30(40)14-17-42(31,41)9/h27-28,30-33,46H,12-26H2,1-11H3,(H,48,49). The molecule has 5 aliphatic rings. The maximum Gasteiger partial charge on any atom is 0.309 e. The Bertz CT molecular complexity index is 1390. The molecule has 9 unspecified atom stereocenters. The molecule has 0 aromatic heterocycles. The summed E-state index contributed by atoms with van der Waals surface area (Å²) in [4.78, 5) is 41.2. The van der Waals surface area contributed by atoms with Gasteiger partial charge in [0.05, 0.1) is 31.2 Å². The van der Waals surface area contributed by atoms with Crippen LogP contribution in [-0.4, -0.2) is 92.1 Å². The number of rotatable bonds is 14. The zero-order valence-corrected chi connectivity index (χ0v) is 34.4. The quantitative estimate of drug-likeness (QED) is 0.177. The molecular weight excluding hydrogens is 658 g/mol. The van der Waals surface area contributed by atoms with E-state index in [-0.39, 0.29) is 51.8 Å². The average molecular weight is 730 g/mol. The fourth-order valence-corrected chi connectivity index (χ4v) is 13.1. The second-order valence-electron chi connectivity index (χ2n) is 19.9. The lowest BCUT2D eigenvalue weighted by Gasteiger charge is -2.72. The lowest BCUT2D eigenvalue weighted by Crippen LogP contribution is -2.66. The van der Waals surface area contributed by atoms with E-state index in [4.69, 9.17) is 14.2 Å². The molecule has 0 amide bonds. The monoisotopic (exact) mass is 730 g/mol. The Morgan fingerprint density at radius 3 is 2.10 bits per heavy atom. The fourth-order valence-electron chi connectivity index (χ4n) is 13.1. The van der Waals surface area contributed by atoms with E-state index in [1.54, 1.807) is 28.1 Å². The first-order valence-corrected chi connectivity index (χ1v) is 20.2. The van der Waals surface area contributed by atoms with Gasteiger partial charge in [-0.2, -0.15) is 0 Å². The fraction of sp³-hybridized carbons (Fsp3) is 0.884. The molecule has 4 fully saturated rings. The molecule has 2 N–H and O–H groups in total. The van der Waals surface area contributed by atoms with E-state index in [1.807, 2.05) is 0 Å². The van der Waals surface area contributed by atoms with Crippen molar-refractivity contribution >= 4 is 17.7 Å². The predicted octanol–water partition coefficient (Wildman–Crippen LogP) is 7.34. The van der Waals surface area contributed by atoms with Crippen molar-refractivity contribution < 1.29 is 38.8 Å². The number of ketones is 1. The molecule has 0 heterocycles. The molecule has 5 rings (SSSR count). The summed E-state index contributed by atoms with van der Waals surface area (Å²) in [6.45, 7) is 22.7. The Hall–Kier alpha value is -1.81. The van der Waals surface area contributed by atoms with Crippen LogP contribution in [0.2, 0.25) is 0 Å². The Balaban J connectivity index is 1.44. The van der Waals surface area contributed by atoms with Crippen LogP contribution in [0.3, 0.4) is 0 Å². The van der Waals surface area contributed by atoms with E-state index in [2.05, 4.69) is 53.4 Å². The van der Waals surface area contributed by atoms with Crippen molar-refractivity contribution in [3.63, 3.8) is 0 Å². The maximum absolute atomic E-state index is 14.1. The van der Waals surface area contributed by atoms with Gasteiger partial charge in [0.2, 0.25) is 0 Å². The summed E-state index contributed by atoms with van der Waals surface area (Å²) in [5.74, 6) is 0.0264. The number of carbonyl (C=O) groups is 3. The summed E-state index contributed by atoms with van der Waals surface area (Å²) >= 11 is 0. The molecule has 9 atom stereocenters. The lowest BCUT2D eigenvalue weighted by molar-refractivity contribution is -0.235. The SMILES string of the molecule is COCCN(CCOC)CC(O)C12CCC3(C)C(CCC4C5(C)CCC(OC(=O)CC(C)(C)C(=O)O)C(C)(C)C5CCC43C)C1=C(C(C)C)C(=O)C2. The first-order valence-electron chi connectivity index (χ1n) is 20.2. The second-order valence-corrected chi connectivity index (χ2v) is 19.9. The van der Waals surface area contributed by atoms with Gasteiger partial charge in [-0.1, -0.05) is 54.0 Å². The summed E-state index contributed by atoms with van der Waals surface area (Å²) in [6.07, 6.45) is 7.16. The Labute approximate surface area is 314 Å². The van der Waals surface area contributed by atoms with Crippen LogP contribution in [0.15, 0.2) is 11.1 Å². The number of carbonyl (C=O) groups excluding carboxylic acids is 2. The third-order valence-electron chi connectivity index (χ3n) is 16.2. The van der Waals surface area contributed by atoms with Gasteiger partial charge < -0.3 is 24.4 Å². The van der Waals surface area contributed by atoms with E-state index >= 15 is 0 Å². The molecule has 9 nitrogen and oxygen atoms in total. The number of aliphatic hydroxyl groups is 1. The van der Waals surface area contributed by atoms with E-state index < -0.39 is 28.9 Å². The van der Waals surface area contributed by atoms with Gasteiger partial charge in [-0.15, -0.1) is 0 Å². The molecule has 0 aromatic carbocycles. The van der Waals surface area contributed by atoms with Crippen molar-refractivity contribution in [2.45, 2.75) is 139 Å². The molecular formula is C43H71NO8. The first-order chi connectivity index (χ1) is 24.2. The zero-order valence-electron chi connectivity index (χ0n) is 34.4. The van der Waals surface area contributed by atoms with Gasteiger partial charge in [-0.3, -0.25) is 19.3 Å². The van der Waals surface area contributed by atoms with Gasteiger partial charge in [0.25, 0.3) is 0 Å². The molecule has 4 saturated carbocycles. The number of carboxylic acid groups (broad SMARTS) is 1. The molecule has 0 aromatic rings.